The van der Waals surface area contributed by atoms with E-state index in [4.69, 9.17) is 9.63 Å². The number of hydrogen-bond acceptors (Lipinski definition) is 4. The molecule has 6 heteroatoms. The molecule has 0 bridgehead atoms. The third kappa shape index (κ3) is 1.50. The molecule has 1 N–H and O–H groups in total. The summed E-state index contributed by atoms with van der Waals surface area (Å²) in [4.78, 5) is 11.0. The first-order chi connectivity index (χ1) is 7.09. The summed E-state index contributed by atoms with van der Waals surface area (Å²) in [6.07, 6.45) is 3.23. The maximum Gasteiger partial charge on any atom is 0.341 e. The predicted octanol–water partition coefficient (Wildman–Crippen LogP) is 1.08. The SMILES string of the molecule is Cc1onc(-c2cnn(C)c2)c1C(=O)O. The lowest BCUT2D eigenvalue weighted by molar-refractivity contribution is 0.0696. The standard InChI is InChI=1S/C9H9N3O3/c1-5-7(9(13)14)8(11-15-5)6-3-10-12(2)4-6/h3-4H,1-2H3,(H,13,14). The molecule has 0 aromatic carbocycles. The zero-order valence-electron chi connectivity index (χ0n) is 8.26. The van der Waals surface area contributed by atoms with Crippen molar-refractivity contribution in [2.45, 2.75) is 6.92 Å². The van der Waals surface area contributed by atoms with Crippen LogP contribution in [0.2, 0.25) is 0 Å². The van der Waals surface area contributed by atoms with Crippen LogP contribution < -0.4 is 0 Å². The first-order valence-electron chi connectivity index (χ1n) is 4.28. The lowest BCUT2D eigenvalue weighted by Crippen LogP contribution is -1.98. The van der Waals surface area contributed by atoms with Crippen molar-refractivity contribution in [3.8, 4) is 11.3 Å². The van der Waals surface area contributed by atoms with Gasteiger partial charge in [-0.2, -0.15) is 5.10 Å². The van der Waals surface area contributed by atoms with E-state index in [2.05, 4.69) is 10.3 Å². The van der Waals surface area contributed by atoms with Gasteiger partial charge in [-0.25, -0.2) is 4.79 Å². The monoisotopic (exact) mass is 207 g/mol. The first kappa shape index (κ1) is 9.45. The topological polar surface area (TPSA) is 81.2 Å². The van der Waals surface area contributed by atoms with Gasteiger partial charge in [0.1, 0.15) is 17.0 Å². The Hall–Kier alpha value is -2.11. The molecule has 6 nitrogen and oxygen atoms in total. The van der Waals surface area contributed by atoms with E-state index in [1.807, 2.05) is 0 Å². The van der Waals surface area contributed by atoms with E-state index in [-0.39, 0.29) is 5.56 Å². The zero-order chi connectivity index (χ0) is 11.0. The summed E-state index contributed by atoms with van der Waals surface area (Å²) in [5.41, 5.74) is 1.03. The van der Waals surface area contributed by atoms with E-state index in [9.17, 15) is 4.79 Å². The fourth-order valence-electron chi connectivity index (χ4n) is 1.36. The average molecular weight is 207 g/mol. The van der Waals surface area contributed by atoms with E-state index in [0.717, 1.165) is 0 Å². The van der Waals surface area contributed by atoms with Crippen LogP contribution >= 0.6 is 0 Å². The highest BCUT2D eigenvalue weighted by Gasteiger charge is 2.21. The molecule has 2 heterocycles. The molecule has 2 aromatic heterocycles. The minimum absolute atomic E-state index is 0.0861. The highest BCUT2D eigenvalue weighted by molar-refractivity contribution is 5.95. The van der Waals surface area contributed by atoms with E-state index in [1.165, 1.54) is 0 Å². The van der Waals surface area contributed by atoms with E-state index >= 15 is 0 Å². The van der Waals surface area contributed by atoms with Gasteiger partial charge in [0.2, 0.25) is 0 Å². The van der Waals surface area contributed by atoms with Crippen molar-refractivity contribution in [3.05, 3.63) is 23.7 Å². The molecule has 0 saturated carbocycles. The van der Waals surface area contributed by atoms with Gasteiger partial charge in [-0.05, 0) is 6.92 Å². The fraction of sp³-hybridized carbons (Fsp3) is 0.222. The molecule has 0 unspecified atom stereocenters. The molecule has 0 aliphatic heterocycles. The number of aryl methyl sites for hydroxylation is 2. The minimum Gasteiger partial charge on any atom is -0.477 e. The van der Waals surface area contributed by atoms with Crippen molar-refractivity contribution < 1.29 is 14.4 Å². The first-order valence-corrected chi connectivity index (χ1v) is 4.28. The Bertz CT molecular complexity index is 512. The smallest absolute Gasteiger partial charge is 0.341 e. The highest BCUT2D eigenvalue weighted by Crippen LogP contribution is 2.24. The summed E-state index contributed by atoms with van der Waals surface area (Å²) >= 11 is 0. The van der Waals surface area contributed by atoms with E-state index < -0.39 is 5.97 Å². The van der Waals surface area contributed by atoms with Crippen molar-refractivity contribution in [2.75, 3.05) is 0 Å². The second-order valence-corrected chi connectivity index (χ2v) is 3.17. The predicted molar refractivity (Wildman–Crippen MR) is 50.4 cm³/mol. The number of rotatable bonds is 2. The van der Waals surface area contributed by atoms with Crippen LogP contribution in [0.1, 0.15) is 16.1 Å². The zero-order valence-corrected chi connectivity index (χ0v) is 8.26. The normalized spacial score (nSPS) is 10.5. The average Bonchev–Trinajstić information content (AvgIpc) is 2.71. The van der Waals surface area contributed by atoms with Gasteiger partial charge in [0.05, 0.1) is 6.20 Å². The molecule has 0 spiro atoms. The van der Waals surface area contributed by atoms with Crippen molar-refractivity contribution in [1.82, 2.24) is 14.9 Å². The van der Waals surface area contributed by atoms with Crippen LogP contribution in [0.4, 0.5) is 0 Å². The summed E-state index contributed by atoms with van der Waals surface area (Å²) in [5.74, 6) is -0.756. The Morgan fingerprint density at radius 2 is 2.33 bits per heavy atom. The van der Waals surface area contributed by atoms with Crippen LogP contribution in [0.3, 0.4) is 0 Å². The van der Waals surface area contributed by atoms with Crippen LogP contribution in [-0.2, 0) is 7.05 Å². The van der Waals surface area contributed by atoms with Crippen LogP contribution in [0, 0.1) is 6.92 Å². The Labute approximate surface area is 85.1 Å². The van der Waals surface area contributed by atoms with Gasteiger partial charge in [-0.15, -0.1) is 0 Å². The number of carboxylic acid groups (broad SMARTS) is 1. The van der Waals surface area contributed by atoms with Gasteiger partial charge in [0.15, 0.2) is 0 Å². The fourth-order valence-corrected chi connectivity index (χ4v) is 1.36. The van der Waals surface area contributed by atoms with Gasteiger partial charge >= 0.3 is 5.97 Å². The van der Waals surface area contributed by atoms with E-state index in [0.29, 0.717) is 17.0 Å². The molecule has 78 valence electrons. The maximum absolute atomic E-state index is 11.0. The van der Waals surface area contributed by atoms with Gasteiger partial charge < -0.3 is 9.63 Å². The summed E-state index contributed by atoms with van der Waals surface area (Å²) in [5, 5.41) is 16.6. The van der Waals surface area contributed by atoms with Crippen LogP contribution in [0.15, 0.2) is 16.9 Å². The van der Waals surface area contributed by atoms with Crippen molar-refractivity contribution >= 4 is 5.97 Å². The van der Waals surface area contributed by atoms with Gasteiger partial charge in [-0.3, -0.25) is 4.68 Å². The minimum atomic E-state index is -1.05. The van der Waals surface area contributed by atoms with Crippen LogP contribution in [0.5, 0.6) is 0 Å². The summed E-state index contributed by atoms with van der Waals surface area (Å²) in [6, 6.07) is 0. The molecule has 2 rings (SSSR count). The van der Waals surface area contributed by atoms with Gasteiger partial charge in [0.25, 0.3) is 0 Å². The van der Waals surface area contributed by atoms with Crippen LogP contribution in [-0.4, -0.2) is 26.0 Å². The van der Waals surface area contributed by atoms with Crippen LogP contribution in [0.25, 0.3) is 11.3 Å². The lowest BCUT2D eigenvalue weighted by Gasteiger charge is -1.92. The maximum atomic E-state index is 11.0. The second-order valence-electron chi connectivity index (χ2n) is 3.17. The Morgan fingerprint density at radius 3 is 2.87 bits per heavy atom. The molecule has 0 saturated heterocycles. The summed E-state index contributed by atoms with van der Waals surface area (Å²) < 4.78 is 6.43. The van der Waals surface area contributed by atoms with Crippen molar-refractivity contribution in [2.24, 2.45) is 7.05 Å². The van der Waals surface area contributed by atoms with Gasteiger partial charge in [-0.1, -0.05) is 5.16 Å². The van der Waals surface area contributed by atoms with E-state index in [1.54, 1.807) is 31.0 Å². The number of aromatic nitrogens is 3. The molecule has 0 radical (unpaired) electrons. The molecule has 2 aromatic rings. The molecule has 15 heavy (non-hydrogen) atoms. The molecular formula is C9H9N3O3. The summed E-state index contributed by atoms with van der Waals surface area (Å²) in [7, 11) is 1.75. The molecule has 0 atom stereocenters. The molecule has 0 fully saturated rings. The number of hydrogen-bond donors (Lipinski definition) is 1. The van der Waals surface area contributed by atoms with Crippen molar-refractivity contribution in [1.29, 1.82) is 0 Å². The third-order valence-electron chi connectivity index (χ3n) is 2.05. The van der Waals surface area contributed by atoms with Crippen molar-refractivity contribution in [3.63, 3.8) is 0 Å². The quantitative estimate of drug-likeness (QED) is 0.796. The Balaban J connectivity index is 2.58. The van der Waals surface area contributed by atoms with Gasteiger partial charge in [0, 0.05) is 18.8 Å². The summed E-state index contributed by atoms with van der Waals surface area (Å²) in [6.45, 7) is 1.57. The Morgan fingerprint density at radius 1 is 1.60 bits per heavy atom. The highest BCUT2D eigenvalue weighted by atomic mass is 16.5. The number of carboxylic acids is 1. The number of aromatic carboxylic acids is 1. The molecule has 0 aliphatic rings. The molecule has 0 aliphatic carbocycles. The third-order valence-corrected chi connectivity index (χ3v) is 2.05. The molecule has 0 amide bonds. The number of nitrogens with zero attached hydrogens (tertiary/aromatic N) is 3. The number of carbonyl (C=O) groups is 1. The Kier molecular flexibility index (Phi) is 2.03. The second kappa shape index (κ2) is 3.23. The lowest BCUT2D eigenvalue weighted by atomic mass is 10.1. The molecular weight excluding hydrogens is 198 g/mol. The largest absolute Gasteiger partial charge is 0.477 e.